The molecule has 0 fully saturated rings. The van der Waals surface area contributed by atoms with Crippen LogP contribution in [0.3, 0.4) is 0 Å². The Labute approximate surface area is 76.7 Å². The van der Waals surface area contributed by atoms with Gasteiger partial charge in [-0.15, -0.1) is 0 Å². The van der Waals surface area contributed by atoms with Crippen molar-refractivity contribution in [3.05, 3.63) is 36.2 Å². The molecule has 0 unspecified atom stereocenters. The molecule has 0 aromatic carbocycles. The molecule has 2 heterocycles. The van der Waals surface area contributed by atoms with E-state index in [1.165, 1.54) is 0 Å². The van der Waals surface area contributed by atoms with E-state index in [2.05, 4.69) is 11.1 Å². The monoisotopic (exact) mass is 173 g/mol. The lowest BCUT2D eigenvalue weighted by atomic mass is 10.2. The highest BCUT2D eigenvalue weighted by Crippen LogP contribution is 2.22. The number of carbonyl (C=O) groups excluding carboxylic acids is 1. The van der Waals surface area contributed by atoms with E-state index >= 15 is 0 Å². The summed E-state index contributed by atoms with van der Waals surface area (Å²) < 4.78 is 0. The fourth-order valence-corrected chi connectivity index (χ4v) is 1.32. The summed E-state index contributed by atoms with van der Waals surface area (Å²) in [5.41, 5.74) is 1.77. The molecular formula is C10H9N2O. The Morgan fingerprint density at radius 3 is 3.00 bits per heavy atom. The van der Waals surface area contributed by atoms with Gasteiger partial charge in [0.05, 0.1) is 12.1 Å². The summed E-state index contributed by atoms with van der Waals surface area (Å²) in [5.74, 6) is 0.0823. The van der Waals surface area contributed by atoms with Crippen LogP contribution in [0.15, 0.2) is 24.5 Å². The highest BCUT2D eigenvalue weighted by Gasteiger charge is 2.20. The molecule has 3 nitrogen and oxygen atoms in total. The SMILES string of the molecule is CN1C(=O)C[C]=C1c1cccnc1. The third-order valence-electron chi connectivity index (χ3n) is 2.05. The number of carbonyl (C=O) groups is 1. The molecule has 1 amide bonds. The van der Waals surface area contributed by atoms with Crippen molar-refractivity contribution in [3.8, 4) is 0 Å². The Morgan fingerprint density at radius 2 is 2.46 bits per heavy atom. The molecule has 1 aromatic rings. The second kappa shape index (κ2) is 3.01. The maximum atomic E-state index is 11.2. The molecule has 13 heavy (non-hydrogen) atoms. The van der Waals surface area contributed by atoms with E-state index in [1.54, 1.807) is 24.3 Å². The Morgan fingerprint density at radius 1 is 1.62 bits per heavy atom. The first-order valence-corrected chi connectivity index (χ1v) is 4.07. The Balaban J connectivity index is 2.34. The average Bonchev–Trinajstić information content (AvgIpc) is 2.49. The first kappa shape index (κ1) is 7.98. The number of rotatable bonds is 1. The number of hydrogen-bond donors (Lipinski definition) is 0. The van der Waals surface area contributed by atoms with Crippen LogP contribution in [0.5, 0.6) is 0 Å². The van der Waals surface area contributed by atoms with E-state index in [4.69, 9.17) is 0 Å². The molecule has 1 aliphatic rings. The van der Waals surface area contributed by atoms with Crippen molar-refractivity contribution < 1.29 is 4.79 Å². The van der Waals surface area contributed by atoms with Gasteiger partial charge in [-0.1, -0.05) is 0 Å². The van der Waals surface area contributed by atoms with Crippen LogP contribution >= 0.6 is 0 Å². The van der Waals surface area contributed by atoms with Crippen LogP contribution in [-0.4, -0.2) is 22.8 Å². The first-order valence-electron chi connectivity index (χ1n) is 4.07. The standard InChI is InChI=1S/C10H9N2O/c1-12-9(4-5-10(12)13)8-3-2-6-11-7-8/h2-3,6-7H,5H2,1H3. The number of pyridine rings is 1. The zero-order valence-corrected chi connectivity index (χ0v) is 7.32. The van der Waals surface area contributed by atoms with Crippen LogP contribution < -0.4 is 0 Å². The third-order valence-corrected chi connectivity index (χ3v) is 2.05. The van der Waals surface area contributed by atoms with Gasteiger partial charge in [-0.2, -0.15) is 0 Å². The first-order chi connectivity index (χ1) is 6.29. The molecular weight excluding hydrogens is 164 g/mol. The topological polar surface area (TPSA) is 33.2 Å². The van der Waals surface area contributed by atoms with Gasteiger partial charge in [-0.3, -0.25) is 9.78 Å². The van der Waals surface area contributed by atoms with Gasteiger partial charge in [-0.05, 0) is 18.2 Å². The van der Waals surface area contributed by atoms with E-state index in [9.17, 15) is 4.79 Å². The molecule has 0 N–H and O–H groups in total. The minimum atomic E-state index is 0.0823. The fourth-order valence-electron chi connectivity index (χ4n) is 1.32. The number of hydrogen-bond acceptors (Lipinski definition) is 2. The van der Waals surface area contributed by atoms with Crippen molar-refractivity contribution in [3.63, 3.8) is 0 Å². The molecule has 65 valence electrons. The van der Waals surface area contributed by atoms with Crippen LogP contribution in [0.1, 0.15) is 12.0 Å². The van der Waals surface area contributed by atoms with Crippen LogP contribution in [0.25, 0.3) is 5.70 Å². The molecule has 0 atom stereocenters. The molecule has 0 bridgehead atoms. The Bertz CT molecular complexity index is 356. The van der Waals surface area contributed by atoms with Gasteiger partial charge in [0.25, 0.3) is 0 Å². The van der Waals surface area contributed by atoms with Crippen LogP contribution in [0.2, 0.25) is 0 Å². The van der Waals surface area contributed by atoms with Gasteiger partial charge in [0.1, 0.15) is 0 Å². The van der Waals surface area contributed by atoms with Crippen molar-refractivity contribution in [2.75, 3.05) is 7.05 Å². The second-order valence-corrected chi connectivity index (χ2v) is 2.90. The predicted molar refractivity (Wildman–Crippen MR) is 48.3 cm³/mol. The minimum Gasteiger partial charge on any atom is -0.314 e. The maximum absolute atomic E-state index is 11.2. The Hall–Kier alpha value is -1.64. The van der Waals surface area contributed by atoms with Gasteiger partial charge < -0.3 is 4.90 Å². The molecule has 0 spiro atoms. The van der Waals surface area contributed by atoms with E-state index in [0.29, 0.717) is 6.42 Å². The summed E-state index contributed by atoms with van der Waals surface area (Å²) in [6.07, 6.45) is 6.84. The predicted octanol–water partition coefficient (Wildman–Crippen LogP) is 1.09. The lowest BCUT2D eigenvalue weighted by molar-refractivity contribution is -0.125. The van der Waals surface area contributed by atoms with Crippen LogP contribution in [-0.2, 0) is 4.79 Å². The number of amides is 1. The summed E-state index contributed by atoms with van der Waals surface area (Å²) in [5, 5.41) is 0. The summed E-state index contributed by atoms with van der Waals surface area (Å²) in [6, 6.07) is 3.77. The molecule has 1 aliphatic heterocycles. The van der Waals surface area contributed by atoms with Crippen LogP contribution in [0, 0.1) is 6.08 Å². The Kier molecular flexibility index (Phi) is 1.85. The van der Waals surface area contributed by atoms with E-state index < -0.39 is 0 Å². The molecule has 0 saturated heterocycles. The van der Waals surface area contributed by atoms with E-state index in [0.717, 1.165) is 11.3 Å². The largest absolute Gasteiger partial charge is 0.314 e. The average molecular weight is 173 g/mol. The quantitative estimate of drug-likeness (QED) is 0.636. The van der Waals surface area contributed by atoms with E-state index in [1.807, 2.05) is 12.1 Å². The molecule has 0 aliphatic carbocycles. The van der Waals surface area contributed by atoms with Crippen molar-refractivity contribution in [1.29, 1.82) is 0 Å². The second-order valence-electron chi connectivity index (χ2n) is 2.90. The highest BCUT2D eigenvalue weighted by molar-refractivity contribution is 5.91. The van der Waals surface area contributed by atoms with Gasteiger partial charge >= 0.3 is 0 Å². The van der Waals surface area contributed by atoms with Gasteiger partial charge in [0, 0.05) is 25.0 Å². The molecule has 1 radical (unpaired) electrons. The van der Waals surface area contributed by atoms with Gasteiger partial charge in [-0.25, -0.2) is 0 Å². The molecule has 2 rings (SSSR count). The van der Waals surface area contributed by atoms with Crippen molar-refractivity contribution in [2.24, 2.45) is 0 Å². The van der Waals surface area contributed by atoms with Gasteiger partial charge in [0.15, 0.2) is 0 Å². The highest BCUT2D eigenvalue weighted by atomic mass is 16.2. The molecule has 1 aromatic heterocycles. The lowest BCUT2D eigenvalue weighted by Crippen LogP contribution is -2.18. The number of nitrogens with zero attached hydrogens (tertiary/aromatic N) is 2. The van der Waals surface area contributed by atoms with Crippen molar-refractivity contribution in [1.82, 2.24) is 9.88 Å². The lowest BCUT2D eigenvalue weighted by Gasteiger charge is -2.13. The summed E-state index contributed by atoms with van der Waals surface area (Å²) in [6.45, 7) is 0. The van der Waals surface area contributed by atoms with E-state index in [-0.39, 0.29) is 5.91 Å². The smallest absolute Gasteiger partial charge is 0.231 e. The van der Waals surface area contributed by atoms with Crippen LogP contribution in [0.4, 0.5) is 0 Å². The zero-order chi connectivity index (χ0) is 9.26. The zero-order valence-electron chi connectivity index (χ0n) is 7.32. The van der Waals surface area contributed by atoms with Crippen molar-refractivity contribution in [2.45, 2.75) is 6.42 Å². The van der Waals surface area contributed by atoms with Gasteiger partial charge in [0.2, 0.25) is 5.91 Å². The minimum absolute atomic E-state index is 0.0823. The van der Waals surface area contributed by atoms with Crippen molar-refractivity contribution >= 4 is 11.6 Å². The summed E-state index contributed by atoms with van der Waals surface area (Å²) >= 11 is 0. The summed E-state index contributed by atoms with van der Waals surface area (Å²) in [7, 11) is 1.75. The third kappa shape index (κ3) is 1.33. The molecule has 0 saturated carbocycles. The maximum Gasteiger partial charge on any atom is 0.231 e. The summed E-state index contributed by atoms with van der Waals surface area (Å²) in [4.78, 5) is 16.8. The molecule has 3 heteroatoms. The normalized spacial score (nSPS) is 16.2. The fraction of sp³-hybridized carbons (Fsp3) is 0.200. The number of aromatic nitrogens is 1.